The molecule has 0 bridgehead atoms. The van der Waals surface area contributed by atoms with E-state index < -0.39 is 76.3 Å². The number of rotatable bonds is 9. The molecule has 1 aliphatic carbocycles. The zero-order valence-corrected chi connectivity index (χ0v) is 31.1. The lowest BCUT2D eigenvalue weighted by molar-refractivity contribution is -0.145. The van der Waals surface area contributed by atoms with Crippen molar-refractivity contribution in [2.75, 3.05) is 25.7 Å². The van der Waals surface area contributed by atoms with E-state index in [1.54, 1.807) is 13.0 Å². The Labute approximate surface area is 311 Å². The van der Waals surface area contributed by atoms with E-state index in [1.807, 2.05) is 25.7 Å². The van der Waals surface area contributed by atoms with E-state index in [-0.39, 0.29) is 51.2 Å². The molecule has 13 heteroatoms. The molecule has 2 saturated heterocycles. The molecule has 2 aliphatic heterocycles. The number of nitrogens with zero attached hydrogens (tertiary/aromatic N) is 3. The third-order valence-electron chi connectivity index (χ3n) is 10.4. The fourth-order valence-electron chi connectivity index (χ4n) is 8.34. The van der Waals surface area contributed by atoms with Crippen molar-refractivity contribution in [1.82, 2.24) is 4.90 Å². The van der Waals surface area contributed by atoms with Crippen molar-refractivity contribution in [3.63, 3.8) is 0 Å². The number of esters is 2. The van der Waals surface area contributed by atoms with Gasteiger partial charge in [-0.15, -0.1) is 0 Å². The Bertz CT molecular complexity index is 1980. The first kappa shape index (κ1) is 37.5. The Morgan fingerprint density at radius 1 is 1.08 bits per heavy atom. The van der Waals surface area contributed by atoms with Gasteiger partial charge in [0.2, 0.25) is 5.91 Å². The second kappa shape index (κ2) is 14.0. The van der Waals surface area contributed by atoms with Crippen molar-refractivity contribution >= 4 is 46.7 Å². The molecule has 3 aromatic carbocycles. The molecule has 9 nitrogen and oxygen atoms in total. The number of hydrogen-bond donors (Lipinski definition) is 0. The molecule has 3 aromatic rings. The van der Waals surface area contributed by atoms with Gasteiger partial charge in [0, 0.05) is 28.5 Å². The molecule has 0 radical (unpaired) electrons. The summed E-state index contributed by atoms with van der Waals surface area (Å²) in [5.41, 5.74) is -1.97. The summed E-state index contributed by atoms with van der Waals surface area (Å²) in [6.45, 7) is 7.76. The van der Waals surface area contributed by atoms with Crippen molar-refractivity contribution in [3.8, 4) is 11.8 Å². The number of fused-ring (bicyclic) bond motifs is 1. The van der Waals surface area contributed by atoms with Crippen LogP contribution in [0.3, 0.4) is 0 Å². The van der Waals surface area contributed by atoms with Gasteiger partial charge in [0.05, 0.1) is 55.3 Å². The number of amides is 1. The Morgan fingerprint density at radius 2 is 1.81 bits per heavy atom. The third-order valence-corrected chi connectivity index (χ3v) is 11.0. The van der Waals surface area contributed by atoms with Gasteiger partial charge in [0.25, 0.3) is 0 Å². The van der Waals surface area contributed by atoms with Crippen LogP contribution in [0.5, 0.6) is 5.75 Å². The summed E-state index contributed by atoms with van der Waals surface area (Å²) in [7, 11) is 2.64. The van der Waals surface area contributed by atoms with E-state index in [0.29, 0.717) is 6.42 Å². The van der Waals surface area contributed by atoms with Crippen molar-refractivity contribution in [1.29, 1.82) is 5.26 Å². The second-order valence-corrected chi connectivity index (χ2v) is 15.5. The molecule has 0 spiro atoms. The molecule has 1 saturated carbocycles. The number of hydrogen-bond acceptors (Lipinski definition) is 8. The zero-order valence-electron chi connectivity index (χ0n) is 29.6. The maximum Gasteiger partial charge on any atom is 0.337 e. The molecule has 3 fully saturated rings. The average Bonchev–Trinajstić information content (AvgIpc) is 3.78. The standard InChI is InChI=1S/C39H39Cl2F2N3O6/c1-7-52-37(49)24-17-23(24)34-45(28-14-11-20(36(48)51-6)15-29(28)50-5)35(47)33-31(22-9-8-10-26(41)32(22)43)39(19-44,25-13-12-21(40)16-27(25)42)30(46(33)34)18-38(2,3)4/h8-16,23-24,30-31,33-34H,7,17-18H2,1-6H3. The lowest BCUT2D eigenvalue weighted by Crippen LogP contribution is -2.53. The van der Waals surface area contributed by atoms with Crippen LogP contribution in [0.1, 0.15) is 67.9 Å². The molecule has 0 N–H and O–H groups in total. The number of methoxy groups -OCH3 is 2. The molecule has 6 rings (SSSR count). The van der Waals surface area contributed by atoms with Gasteiger partial charge in [-0.2, -0.15) is 5.26 Å². The average molecular weight is 755 g/mol. The number of ether oxygens (including phenoxy) is 3. The highest BCUT2D eigenvalue weighted by molar-refractivity contribution is 6.31. The summed E-state index contributed by atoms with van der Waals surface area (Å²) >= 11 is 12.6. The Morgan fingerprint density at radius 3 is 2.42 bits per heavy atom. The van der Waals surface area contributed by atoms with Gasteiger partial charge < -0.3 is 14.2 Å². The molecule has 0 aromatic heterocycles. The smallest absolute Gasteiger partial charge is 0.337 e. The van der Waals surface area contributed by atoms with Gasteiger partial charge in [-0.05, 0) is 67.1 Å². The highest BCUT2D eigenvalue weighted by Crippen LogP contribution is 2.63. The lowest BCUT2D eigenvalue weighted by atomic mass is 9.62. The normalized spacial score (nSPS) is 26.9. The Hall–Kier alpha value is -4.24. The monoisotopic (exact) mass is 753 g/mol. The predicted molar refractivity (Wildman–Crippen MR) is 190 cm³/mol. The fourth-order valence-corrected chi connectivity index (χ4v) is 8.68. The highest BCUT2D eigenvalue weighted by atomic mass is 35.5. The molecule has 7 atom stereocenters. The highest BCUT2D eigenvalue weighted by Gasteiger charge is 2.73. The quantitative estimate of drug-likeness (QED) is 0.205. The number of anilines is 1. The van der Waals surface area contributed by atoms with Crippen molar-refractivity contribution in [2.45, 2.75) is 70.1 Å². The van der Waals surface area contributed by atoms with E-state index in [4.69, 9.17) is 37.4 Å². The van der Waals surface area contributed by atoms with Crippen molar-refractivity contribution < 1.29 is 37.4 Å². The zero-order chi connectivity index (χ0) is 37.9. The van der Waals surface area contributed by atoms with E-state index in [1.165, 1.54) is 61.6 Å². The number of carbonyl (C=O) groups is 3. The van der Waals surface area contributed by atoms with Crippen LogP contribution in [0.4, 0.5) is 14.5 Å². The summed E-state index contributed by atoms with van der Waals surface area (Å²) in [5, 5.41) is 11.4. The topological polar surface area (TPSA) is 109 Å². The minimum absolute atomic E-state index is 0.0329. The van der Waals surface area contributed by atoms with E-state index >= 15 is 13.6 Å². The molecular formula is C39H39Cl2F2N3O6. The summed E-state index contributed by atoms with van der Waals surface area (Å²) in [5.74, 6) is -5.41. The SMILES string of the molecule is CCOC(=O)C1CC1C1N(c2ccc(C(=O)OC)cc2OC)C(=O)C2C(c3cccc(Cl)c3F)C(C#N)(c3ccc(Cl)cc3F)C(CC(C)(C)C)N21. The molecule has 1 amide bonds. The Kier molecular flexibility index (Phi) is 10.1. The van der Waals surface area contributed by atoms with Gasteiger partial charge in [0.15, 0.2) is 0 Å². The van der Waals surface area contributed by atoms with Gasteiger partial charge in [-0.1, -0.05) is 62.2 Å². The molecule has 2 heterocycles. The largest absolute Gasteiger partial charge is 0.495 e. The van der Waals surface area contributed by atoms with Crippen LogP contribution in [0, 0.1) is 40.2 Å². The van der Waals surface area contributed by atoms with Gasteiger partial charge in [-0.25, -0.2) is 13.6 Å². The van der Waals surface area contributed by atoms with Crippen LogP contribution in [0.25, 0.3) is 0 Å². The minimum atomic E-state index is -1.86. The minimum Gasteiger partial charge on any atom is -0.495 e. The van der Waals surface area contributed by atoms with Gasteiger partial charge >= 0.3 is 11.9 Å². The predicted octanol–water partition coefficient (Wildman–Crippen LogP) is 7.67. The van der Waals surface area contributed by atoms with Crippen LogP contribution in [-0.2, 0) is 24.5 Å². The molecule has 7 unspecified atom stereocenters. The number of nitriles is 1. The Balaban J connectivity index is 1.67. The van der Waals surface area contributed by atoms with Crippen LogP contribution >= 0.6 is 23.2 Å². The first-order valence-corrected chi connectivity index (χ1v) is 17.7. The van der Waals surface area contributed by atoms with E-state index in [2.05, 4.69) is 6.07 Å². The van der Waals surface area contributed by atoms with Gasteiger partial charge in [-0.3, -0.25) is 19.4 Å². The first-order chi connectivity index (χ1) is 24.6. The fraction of sp³-hybridized carbons (Fsp3) is 0.436. The summed E-state index contributed by atoms with van der Waals surface area (Å²) in [6, 6.07) is 13.2. The summed E-state index contributed by atoms with van der Waals surface area (Å²) < 4.78 is 48.9. The van der Waals surface area contributed by atoms with Gasteiger partial charge in [0.1, 0.15) is 28.8 Å². The van der Waals surface area contributed by atoms with Crippen LogP contribution in [0.15, 0.2) is 54.6 Å². The molecule has 274 valence electrons. The second-order valence-electron chi connectivity index (χ2n) is 14.7. The molecule has 52 heavy (non-hydrogen) atoms. The molecule has 3 aliphatic rings. The summed E-state index contributed by atoms with van der Waals surface area (Å²) in [4.78, 5) is 44.5. The molecular weight excluding hydrogens is 715 g/mol. The maximum atomic E-state index is 16.5. The first-order valence-electron chi connectivity index (χ1n) is 17.0. The van der Waals surface area contributed by atoms with E-state index in [0.717, 1.165) is 6.07 Å². The van der Waals surface area contributed by atoms with Crippen LogP contribution < -0.4 is 9.64 Å². The lowest BCUT2D eigenvalue weighted by Gasteiger charge is -2.43. The third kappa shape index (κ3) is 6.08. The van der Waals surface area contributed by atoms with Crippen LogP contribution in [-0.4, -0.2) is 61.8 Å². The van der Waals surface area contributed by atoms with Crippen LogP contribution in [0.2, 0.25) is 10.0 Å². The van der Waals surface area contributed by atoms with E-state index in [9.17, 15) is 14.9 Å². The number of benzene rings is 3. The summed E-state index contributed by atoms with van der Waals surface area (Å²) in [6.07, 6.45) is -0.288. The maximum absolute atomic E-state index is 16.5. The van der Waals surface area contributed by atoms with Crippen molar-refractivity contribution in [3.05, 3.63) is 93.0 Å². The number of halogens is 4. The van der Waals surface area contributed by atoms with Crippen molar-refractivity contribution in [2.24, 2.45) is 17.3 Å². The number of carbonyl (C=O) groups excluding carboxylic acids is 3.